The van der Waals surface area contributed by atoms with Gasteiger partial charge >= 0.3 is 0 Å². The first kappa shape index (κ1) is 16.7. The monoisotopic (exact) mass is 337 g/mol. The van der Waals surface area contributed by atoms with Gasteiger partial charge in [0.1, 0.15) is 5.75 Å². The highest BCUT2D eigenvalue weighted by Gasteiger charge is 2.17. The van der Waals surface area contributed by atoms with Gasteiger partial charge in [-0.25, -0.2) is 0 Å². The minimum Gasteiger partial charge on any atom is -0.481 e. The van der Waals surface area contributed by atoms with E-state index in [2.05, 4.69) is 5.32 Å². The number of anilines is 1. The standard InChI is InChI=1S/C17H17Cl2NO2/c1-10-7-8-15(11(2)9-10)22-12(3)17(21)20-14-6-4-5-13(18)16(14)19/h4-9,12H,1-3H3,(H,20,21)/t12-/m1/s1. The summed E-state index contributed by atoms with van der Waals surface area (Å²) in [4.78, 5) is 12.2. The molecule has 3 nitrogen and oxygen atoms in total. The Labute approximate surface area is 140 Å². The summed E-state index contributed by atoms with van der Waals surface area (Å²) < 4.78 is 5.72. The van der Waals surface area contributed by atoms with Gasteiger partial charge < -0.3 is 10.1 Å². The number of benzene rings is 2. The number of halogens is 2. The first-order valence-corrected chi connectivity index (χ1v) is 7.63. The van der Waals surface area contributed by atoms with E-state index in [1.165, 1.54) is 0 Å². The number of rotatable bonds is 4. The molecule has 0 radical (unpaired) electrons. The molecule has 2 aromatic rings. The number of ether oxygens (including phenoxy) is 1. The first-order valence-electron chi connectivity index (χ1n) is 6.87. The van der Waals surface area contributed by atoms with Crippen molar-refractivity contribution in [3.8, 4) is 5.75 Å². The quantitative estimate of drug-likeness (QED) is 0.850. The van der Waals surface area contributed by atoms with Crippen LogP contribution in [0.1, 0.15) is 18.1 Å². The zero-order valence-corrected chi connectivity index (χ0v) is 14.1. The van der Waals surface area contributed by atoms with Gasteiger partial charge in [0, 0.05) is 0 Å². The van der Waals surface area contributed by atoms with Gasteiger partial charge in [0.25, 0.3) is 5.91 Å². The molecule has 0 aliphatic heterocycles. The molecule has 0 aliphatic carbocycles. The molecule has 0 bridgehead atoms. The molecule has 1 amide bonds. The van der Waals surface area contributed by atoms with E-state index in [9.17, 15) is 4.79 Å². The molecule has 1 N–H and O–H groups in total. The van der Waals surface area contributed by atoms with Gasteiger partial charge in [-0.3, -0.25) is 4.79 Å². The van der Waals surface area contributed by atoms with E-state index in [1.54, 1.807) is 25.1 Å². The highest BCUT2D eigenvalue weighted by Crippen LogP contribution is 2.29. The number of hydrogen-bond donors (Lipinski definition) is 1. The lowest BCUT2D eigenvalue weighted by molar-refractivity contribution is -0.122. The van der Waals surface area contributed by atoms with E-state index in [0.717, 1.165) is 11.1 Å². The second kappa shape index (κ2) is 7.03. The Morgan fingerprint density at radius 3 is 2.59 bits per heavy atom. The van der Waals surface area contributed by atoms with E-state index in [-0.39, 0.29) is 5.91 Å². The third-order valence-corrected chi connectivity index (χ3v) is 4.03. The van der Waals surface area contributed by atoms with Crippen molar-refractivity contribution < 1.29 is 9.53 Å². The van der Waals surface area contributed by atoms with Crippen LogP contribution >= 0.6 is 23.2 Å². The Balaban J connectivity index is 2.07. The molecule has 22 heavy (non-hydrogen) atoms. The van der Waals surface area contributed by atoms with E-state index in [0.29, 0.717) is 21.5 Å². The van der Waals surface area contributed by atoms with Crippen molar-refractivity contribution >= 4 is 34.8 Å². The highest BCUT2D eigenvalue weighted by molar-refractivity contribution is 6.44. The second-order valence-corrected chi connectivity index (χ2v) is 5.90. The summed E-state index contributed by atoms with van der Waals surface area (Å²) in [6.07, 6.45) is -0.656. The summed E-state index contributed by atoms with van der Waals surface area (Å²) in [6.45, 7) is 5.64. The number of carbonyl (C=O) groups excluding carboxylic acids is 1. The SMILES string of the molecule is Cc1ccc(O[C@H](C)C(=O)Nc2cccc(Cl)c2Cl)c(C)c1. The molecule has 0 aromatic heterocycles. The lowest BCUT2D eigenvalue weighted by Crippen LogP contribution is -2.30. The van der Waals surface area contributed by atoms with Crippen LogP contribution in [-0.2, 0) is 4.79 Å². The molecule has 0 fully saturated rings. The molecule has 0 unspecified atom stereocenters. The highest BCUT2D eigenvalue weighted by atomic mass is 35.5. The average molecular weight is 338 g/mol. The Kier molecular flexibility index (Phi) is 5.33. The Morgan fingerprint density at radius 1 is 1.18 bits per heavy atom. The first-order chi connectivity index (χ1) is 10.4. The van der Waals surface area contributed by atoms with Crippen LogP contribution in [0.2, 0.25) is 10.0 Å². The maximum absolute atomic E-state index is 12.2. The fourth-order valence-corrected chi connectivity index (χ4v) is 2.36. The fourth-order valence-electron chi connectivity index (χ4n) is 2.01. The van der Waals surface area contributed by atoms with Crippen LogP contribution in [0.15, 0.2) is 36.4 Å². The number of nitrogens with one attached hydrogen (secondary N) is 1. The predicted molar refractivity (Wildman–Crippen MR) is 91.1 cm³/mol. The van der Waals surface area contributed by atoms with Crippen molar-refractivity contribution in [2.75, 3.05) is 5.32 Å². The van der Waals surface area contributed by atoms with Gasteiger partial charge in [-0.15, -0.1) is 0 Å². The molecule has 2 rings (SSSR count). The molecule has 0 saturated heterocycles. The van der Waals surface area contributed by atoms with Crippen LogP contribution in [0, 0.1) is 13.8 Å². The number of aryl methyl sites for hydroxylation is 2. The molecular formula is C17H17Cl2NO2. The molecule has 1 atom stereocenters. The van der Waals surface area contributed by atoms with Crippen molar-refractivity contribution in [3.05, 3.63) is 57.6 Å². The van der Waals surface area contributed by atoms with Gasteiger partial charge in [0.2, 0.25) is 0 Å². The third kappa shape index (κ3) is 3.93. The number of carbonyl (C=O) groups is 1. The summed E-state index contributed by atoms with van der Waals surface area (Å²) in [5.74, 6) is 0.398. The van der Waals surface area contributed by atoms with Crippen LogP contribution in [0.25, 0.3) is 0 Å². The van der Waals surface area contributed by atoms with Gasteiger partial charge in [0.05, 0.1) is 15.7 Å². The minimum atomic E-state index is -0.656. The van der Waals surface area contributed by atoms with Crippen LogP contribution in [-0.4, -0.2) is 12.0 Å². The van der Waals surface area contributed by atoms with Crippen LogP contribution in [0.3, 0.4) is 0 Å². The molecule has 0 heterocycles. The number of amides is 1. The maximum Gasteiger partial charge on any atom is 0.265 e. The Bertz CT molecular complexity index is 701. The van der Waals surface area contributed by atoms with Crippen molar-refractivity contribution in [1.82, 2.24) is 0 Å². The molecule has 5 heteroatoms. The maximum atomic E-state index is 12.2. The molecule has 0 saturated carbocycles. The van der Waals surface area contributed by atoms with Crippen molar-refractivity contribution in [2.24, 2.45) is 0 Å². The van der Waals surface area contributed by atoms with E-state index < -0.39 is 6.10 Å². The normalized spacial score (nSPS) is 11.9. The van der Waals surface area contributed by atoms with Crippen molar-refractivity contribution in [3.63, 3.8) is 0 Å². The summed E-state index contributed by atoms with van der Waals surface area (Å²) >= 11 is 12.0. The molecule has 116 valence electrons. The summed E-state index contributed by atoms with van der Waals surface area (Å²) in [6, 6.07) is 10.9. The predicted octanol–water partition coefficient (Wildman–Crippen LogP) is 5.02. The lowest BCUT2D eigenvalue weighted by atomic mass is 10.1. The number of hydrogen-bond acceptors (Lipinski definition) is 2. The summed E-state index contributed by atoms with van der Waals surface area (Å²) in [5.41, 5.74) is 2.60. The molecular weight excluding hydrogens is 321 g/mol. The van der Waals surface area contributed by atoms with E-state index >= 15 is 0 Å². The molecule has 0 aliphatic rings. The topological polar surface area (TPSA) is 38.3 Å². The lowest BCUT2D eigenvalue weighted by Gasteiger charge is -2.17. The second-order valence-electron chi connectivity index (χ2n) is 5.12. The zero-order valence-electron chi connectivity index (χ0n) is 12.6. The fraction of sp³-hybridized carbons (Fsp3) is 0.235. The Hall–Kier alpha value is -1.71. The Morgan fingerprint density at radius 2 is 1.91 bits per heavy atom. The molecule has 0 spiro atoms. The summed E-state index contributed by atoms with van der Waals surface area (Å²) in [5, 5.41) is 3.43. The van der Waals surface area contributed by atoms with Crippen molar-refractivity contribution in [1.29, 1.82) is 0 Å². The van der Waals surface area contributed by atoms with Gasteiger partial charge in [0.15, 0.2) is 6.10 Å². The van der Waals surface area contributed by atoms with Gasteiger partial charge in [-0.1, -0.05) is 47.0 Å². The van der Waals surface area contributed by atoms with E-state index in [1.807, 2.05) is 32.0 Å². The minimum absolute atomic E-state index is 0.288. The van der Waals surface area contributed by atoms with Crippen LogP contribution in [0.5, 0.6) is 5.75 Å². The third-order valence-electron chi connectivity index (χ3n) is 3.21. The van der Waals surface area contributed by atoms with Gasteiger partial charge in [-0.2, -0.15) is 0 Å². The van der Waals surface area contributed by atoms with Crippen molar-refractivity contribution in [2.45, 2.75) is 26.9 Å². The van der Waals surface area contributed by atoms with Crippen LogP contribution < -0.4 is 10.1 Å². The zero-order chi connectivity index (χ0) is 16.3. The average Bonchev–Trinajstić information content (AvgIpc) is 2.46. The summed E-state index contributed by atoms with van der Waals surface area (Å²) in [7, 11) is 0. The largest absolute Gasteiger partial charge is 0.481 e. The molecule has 2 aromatic carbocycles. The smallest absolute Gasteiger partial charge is 0.265 e. The van der Waals surface area contributed by atoms with Crippen LogP contribution in [0.4, 0.5) is 5.69 Å². The van der Waals surface area contributed by atoms with Gasteiger partial charge in [-0.05, 0) is 44.5 Å². The van der Waals surface area contributed by atoms with E-state index in [4.69, 9.17) is 27.9 Å².